The third-order valence-electron chi connectivity index (χ3n) is 8.02. The number of likely N-dealkylation sites (tertiary alicyclic amines) is 1. The van der Waals surface area contributed by atoms with Crippen LogP contribution < -0.4 is 4.74 Å². The van der Waals surface area contributed by atoms with Gasteiger partial charge in [-0.05, 0) is 88.6 Å². The number of likely N-dealkylation sites (N-methyl/N-ethyl adjacent to an activating group) is 1. The average molecular weight is 514 g/mol. The van der Waals surface area contributed by atoms with E-state index in [9.17, 15) is 9.90 Å². The highest BCUT2D eigenvalue weighted by Gasteiger charge is 2.29. The Morgan fingerprint density at radius 1 is 1.03 bits per heavy atom. The van der Waals surface area contributed by atoms with Gasteiger partial charge in [0.2, 0.25) is 12.3 Å². The molecule has 0 radical (unpaired) electrons. The minimum Gasteiger partial charge on any atom is -0.493 e. The number of rotatable bonds is 8. The van der Waals surface area contributed by atoms with Crippen molar-refractivity contribution in [2.45, 2.75) is 71.8 Å². The lowest BCUT2D eigenvalue weighted by Crippen LogP contribution is -2.50. The van der Waals surface area contributed by atoms with Gasteiger partial charge in [-0.2, -0.15) is 0 Å². The summed E-state index contributed by atoms with van der Waals surface area (Å²) in [5.41, 5.74) is 2.22. The van der Waals surface area contributed by atoms with Crippen molar-refractivity contribution >= 4 is 11.5 Å². The second kappa shape index (κ2) is 12.7. The molecule has 37 heavy (non-hydrogen) atoms. The van der Waals surface area contributed by atoms with Crippen molar-refractivity contribution in [1.82, 2.24) is 14.7 Å². The first-order valence-corrected chi connectivity index (χ1v) is 14.2. The maximum Gasteiger partial charge on any atom is 0.226 e. The molecule has 1 N–H and O–H groups in total. The second-order valence-corrected chi connectivity index (χ2v) is 11.8. The molecule has 2 atom stereocenters. The van der Waals surface area contributed by atoms with Crippen LogP contribution in [0.15, 0.2) is 30.3 Å². The lowest BCUT2D eigenvalue weighted by atomic mass is 9.85. The van der Waals surface area contributed by atoms with Gasteiger partial charge in [0.25, 0.3) is 0 Å². The molecule has 7 heteroatoms. The van der Waals surface area contributed by atoms with Crippen molar-refractivity contribution in [3.05, 3.63) is 35.9 Å². The number of piperazine rings is 1. The molecule has 1 aromatic carbocycles. The molecular formula is C30H47N3O4. The normalized spacial score (nSPS) is 23.5. The van der Waals surface area contributed by atoms with E-state index in [1.165, 1.54) is 11.1 Å². The first kappa shape index (κ1) is 28.1. The number of carbonyl (C=O) groups excluding carboxylic acids is 1. The Kier molecular flexibility index (Phi) is 9.67. The largest absolute Gasteiger partial charge is 0.493 e. The fourth-order valence-electron chi connectivity index (χ4n) is 5.57. The standard InChI is InChI=1S/C30H47N3O4/c1-5-31-18-20-32(21-19-31)28(34)26-8-6-24(7-9-26)25-10-12-27(13-11-25)36-22-23-14-16-33(17-15-23)29(35)37-30(2,3)4/h6,10-13,23,26,29,35H,5,7-9,14-22H2,1-4H3. The van der Waals surface area contributed by atoms with Gasteiger partial charge < -0.3 is 24.4 Å². The number of aliphatic hydroxyl groups is 1. The lowest BCUT2D eigenvalue weighted by molar-refractivity contribution is -0.243. The molecule has 4 rings (SSSR count). The van der Waals surface area contributed by atoms with E-state index in [0.29, 0.717) is 18.4 Å². The number of ether oxygens (including phenoxy) is 2. The van der Waals surface area contributed by atoms with Crippen molar-refractivity contribution in [3.8, 4) is 5.75 Å². The van der Waals surface area contributed by atoms with Crippen molar-refractivity contribution in [1.29, 1.82) is 0 Å². The molecule has 1 aliphatic carbocycles. The van der Waals surface area contributed by atoms with E-state index < -0.39 is 6.41 Å². The monoisotopic (exact) mass is 513 g/mol. The lowest BCUT2D eigenvalue weighted by Gasteiger charge is -2.37. The third kappa shape index (κ3) is 8.03. The molecule has 1 amide bonds. The topological polar surface area (TPSA) is 65.5 Å². The molecule has 206 valence electrons. The Balaban J connectivity index is 1.19. The summed E-state index contributed by atoms with van der Waals surface area (Å²) in [5, 5.41) is 10.3. The first-order chi connectivity index (χ1) is 17.7. The van der Waals surface area contributed by atoms with Crippen LogP contribution in [0.4, 0.5) is 0 Å². The summed E-state index contributed by atoms with van der Waals surface area (Å²) in [4.78, 5) is 19.5. The van der Waals surface area contributed by atoms with Crippen molar-refractivity contribution < 1.29 is 19.4 Å². The van der Waals surface area contributed by atoms with Crippen molar-refractivity contribution in [2.24, 2.45) is 11.8 Å². The van der Waals surface area contributed by atoms with E-state index in [1.54, 1.807) is 0 Å². The Morgan fingerprint density at radius 2 is 1.70 bits per heavy atom. The zero-order valence-electron chi connectivity index (χ0n) is 23.3. The molecule has 0 bridgehead atoms. The maximum absolute atomic E-state index is 13.0. The number of benzene rings is 1. The van der Waals surface area contributed by atoms with E-state index in [2.05, 4.69) is 47.1 Å². The van der Waals surface area contributed by atoms with Crippen LogP contribution in [0.5, 0.6) is 5.75 Å². The number of piperidine rings is 1. The molecule has 2 aliphatic heterocycles. The highest BCUT2D eigenvalue weighted by Crippen LogP contribution is 2.32. The predicted molar refractivity (Wildman–Crippen MR) is 147 cm³/mol. The maximum atomic E-state index is 13.0. The SMILES string of the molecule is CCN1CCN(C(=O)C2CC=C(c3ccc(OCC4CCN(C(O)OC(C)(C)C)CC4)cc3)CC2)CC1. The highest BCUT2D eigenvalue weighted by atomic mass is 16.6. The van der Waals surface area contributed by atoms with Gasteiger partial charge in [-0.25, -0.2) is 0 Å². The molecule has 2 saturated heterocycles. The van der Waals surface area contributed by atoms with Crippen LogP contribution >= 0.6 is 0 Å². The summed E-state index contributed by atoms with van der Waals surface area (Å²) >= 11 is 0. The number of aliphatic hydroxyl groups excluding tert-OH is 1. The molecule has 0 saturated carbocycles. The third-order valence-corrected chi connectivity index (χ3v) is 8.02. The Bertz CT molecular complexity index is 894. The van der Waals surface area contributed by atoms with E-state index >= 15 is 0 Å². The first-order valence-electron chi connectivity index (χ1n) is 14.2. The van der Waals surface area contributed by atoms with Crippen LogP contribution in [0.3, 0.4) is 0 Å². The smallest absolute Gasteiger partial charge is 0.226 e. The van der Waals surface area contributed by atoms with Crippen LogP contribution in [0.25, 0.3) is 5.57 Å². The minimum absolute atomic E-state index is 0.132. The summed E-state index contributed by atoms with van der Waals surface area (Å²) in [6.45, 7) is 15.2. The zero-order chi connectivity index (χ0) is 26.4. The molecule has 2 unspecified atom stereocenters. The van der Waals surface area contributed by atoms with Crippen LogP contribution in [0.2, 0.25) is 0 Å². The number of allylic oxidation sites excluding steroid dienone is 2. The van der Waals surface area contributed by atoms with Gasteiger partial charge in [0.05, 0.1) is 12.2 Å². The zero-order valence-corrected chi connectivity index (χ0v) is 23.3. The van der Waals surface area contributed by atoms with E-state index in [0.717, 1.165) is 83.7 Å². The van der Waals surface area contributed by atoms with Crippen molar-refractivity contribution in [3.63, 3.8) is 0 Å². The van der Waals surface area contributed by atoms with Gasteiger partial charge in [-0.15, -0.1) is 0 Å². The van der Waals surface area contributed by atoms with Crippen molar-refractivity contribution in [2.75, 3.05) is 52.4 Å². The number of hydrogen-bond donors (Lipinski definition) is 1. The van der Waals surface area contributed by atoms with Crippen LogP contribution in [0, 0.1) is 11.8 Å². The molecule has 3 aliphatic rings. The van der Waals surface area contributed by atoms with Crippen LogP contribution in [-0.4, -0.2) is 90.1 Å². The molecule has 2 heterocycles. The Labute approximate surface area is 223 Å². The highest BCUT2D eigenvalue weighted by molar-refractivity contribution is 5.81. The van der Waals surface area contributed by atoms with E-state index in [-0.39, 0.29) is 11.5 Å². The molecule has 0 aromatic heterocycles. The summed E-state index contributed by atoms with van der Waals surface area (Å²) in [6.07, 6.45) is 6.14. The number of hydrogen-bond acceptors (Lipinski definition) is 6. The van der Waals surface area contributed by atoms with Gasteiger partial charge >= 0.3 is 0 Å². The Hall–Kier alpha value is -1.93. The molecule has 1 aromatic rings. The van der Waals surface area contributed by atoms with Gasteiger partial charge in [-0.3, -0.25) is 9.69 Å². The predicted octanol–water partition coefficient (Wildman–Crippen LogP) is 4.22. The number of carbonyl (C=O) groups is 1. The minimum atomic E-state index is -0.839. The summed E-state index contributed by atoms with van der Waals surface area (Å²) < 4.78 is 11.8. The summed E-state index contributed by atoms with van der Waals surface area (Å²) in [5.74, 6) is 1.86. The molecule has 0 spiro atoms. The van der Waals surface area contributed by atoms with Crippen LogP contribution in [-0.2, 0) is 9.53 Å². The fourth-order valence-corrected chi connectivity index (χ4v) is 5.57. The Morgan fingerprint density at radius 3 is 2.27 bits per heavy atom. The number of nitrogens with zero attached hydrogens (tertiary/aromatic N) is 3. The van der Waals surface area contributed by atoms with Gasteiger partial charge in [0.15, 0.2) is 0 Å². The number of amides is 1. The summed E-state index contributed by atoms with van der Waals surface area (Å²) in [7, 11) is 0. The van der Waals surface area contributed by atoms with Crippen LogP contribution in [0.1, 0.15) is 65.4 Å². The summed E-state index contributed by atoms with van der Waals surface area (Å²) in [6, 6.07) is 8.43. The van der Waals surface area contributed by atoms with Gasteiger partial charge in [0, 0.05) is 45.2 Å². The molecule has 2 fully saturated rings. The quantitative estimate of drug-likeness (QED) is 0.525. The van der Waals surface area contributed by atoms with E-state index in [4.69, 9.17) is 9.47 Å². The molecule has 7 nitrogen and oxygen atoms in total. The van der Waals surface area contributed by atoms with E-state index in [1.807, 2.05) is 25.7 Å². The van der Waals surface area contributed by atoms with Gasteiger partial charge in [-0.1, -0.05) is 25.1 Å². The fraction of sp³-hybridized carbons (Fsp3) is 0.700. The second-order valence-electron chi connectivity index (χ2n) is 11.8. The average Bonchev–Trinajstić information content (AvgIpc) is 2.91. The van der Waals surface area contributed by atoms with Gasteiger partial charge in [0.1, 0.15) is 5.75 Å². The molecular weight excluding hydrogens is 466 g/mol.